The number of hydrogen-bond donors (Lipinski definition) is 4. The van der Waals surface area contributed by atoms with Crippen molar-refractivity contribution in [1.29, 1.82) is 0 Å². The SMILES string of the molecule is NC(CSC(CC(=O)O)C(=O)O)C(=O)O. The first-order chi connectivity index (χ1) is 6.84. The van der Waals surface area contributed by atoms with Crippen molar-refractivity contribution in [2.45, 2.75) is 17.7 Å². The summed E-state index contributed by atoms with van der Waals surface area (Å²) in [5, 5.41) is 24.2. The van der Waals surface area contributed by atoms with E-state index in [0.717, 1.165) is 0 Å². The maximum absolute atomic E-state index is 10.5. The highest BCUT2D eigenvalue weighted by atomic mass is 32.2. The molecule has 15 heavy (non-hydrogen) atoms. The van der Waals surface area contributed by atoms with Gasteiger partial charge in [-0.3, -0.25) is 14.4 Å². The number of nitrogens with two attached hydrogens (primary N) is 1. The van der Waals surface area contributed by atoms with Crippen molar-refractivity contribution in [1.82, 2.24) is 0 Å². The zero-order chi connectivity index (χ0) is 12.0. The summed E-state index contributed by atoms with van der Waals surface area (Å²) in [4.78, 5) is 31.1. The molecule has 0 rings (SSSR count). The molecular weight excluding hydrogens is 226 g/mol. The highest BCUT2D eigenvalue weighted by Gasteiger charge is 2.23. The number of hydrogen-bond acceptors (Lipinski definition) is 5. The molecule has 0 fully saturated rings. The van der Waals surface area contributed by atoms with Crippen molar-refractivity contribution < 1.29 is 29.7 Å². The summed E-state index contributed by atoms with van der Waals surface area (Å²) in [5.74, 6) is -3.93. The molecule has 0 bridgehead atoms. The van der Waals surface area contributed by atoms with Crippen molar-refractivity contribution in [3.05, 3.63) is 0 Å². The van der Waals surface area contributed by atoms with E-state index in [-0.39, 0.29) is 5.75 Å². The van der Waals surface area contributed by atoms with Crippen LogP contribution in [0.4, 0.5) is 0 Å². The van der Waals surface area contributed by atoms with E-state index in [1.54, 1.807) is 0 Å². The number of aliphatic carboxylic acids is 3. The van der Waals surface area contributed by atoms with Crippen LogP contribution in [0.1, 0.15) is 6.42 Å². The van der Waals surface area contributed by atoms with Crippen molar-refractivity contribution >= 4 is 29.7 Å². The van der Waals surface area contributed by atoms with Crippen LogP contribution in [0.5, 0.6) is 0 Å². The molecule has 0 saturated heterocycles. The lowest BCUT2D eigenvalue weighted by Gasteiger charge is -2.11. The monoisotopic (exact) mass is 237 g/mol. The van der Waals surface area contributed by atoms with Crippen molar-refractivity contribution in [3.8, 4) is 0 Å². The zero-order valence-corrected chi connectivity index (χ0v) is 8.44. The number of carbonyl (C=O) groups is 3. The molecule has 0 radical (unpaired) electrons. The lowest BCUT2D eigenvalue weighted by molar-refractivity contribution is -0.142. The van der Waals surface area contributed by atoms with Crippen LogP contribution in [0.3, 0.4) is 0 Å². The first-order valence-corrected chi connectivity index (χ1v) is 4.94. The Labute approximate surface area is 89.3 Å². The van der Waals surface area contributed by atoms with E-state index in [4.69, 9.17) is 21.1 Å². The van der Waals surface area contributed by atoms with Crippen LogP contribution in [0.25, 0.3) is 0 Å². The standard InChI is InChI=1S/C7H11NO6S/c8-3(6(11)12)2-15-4(7(13)14)1-5(9)10/h3-4H,1-2,8H2,(H,9,10)(H,11,12)(H,13,14). The number of carboxylic acid groups (broad SMARTS) is 3. The van der Waals surface area contributed by atoms with E-state index in [1.807, 2.05) is 0 Å². The Balaban J connectivity index is 4.13. The molecule has 0 amide bonds. The molecule has 0 aromatic carbocycles. The van der Waals surface area contributed by atoms with Gasteiger partial charge in [0.1, 0.15) is 11.3 Å². The summed E-state index contributed by atoms with van der Waals surface area (Å²) in [6.45, 7) is 0. The van der Waals surface area contributed by atoms with Crippen LogP contribution in [-0.4, -0.2) is 50.3 Å². The number of carboxylic acids is 3. The minimum atomic E-state index is -1.29. The van der Waals surface area contributed by atoms with Crippen LogP contribution in [0.2, 0.25) is 0 Å². The maximum Gasteiger partial charge on any atom is 0.321 e. The van der Waals surface area contributed by atoms with Crippen LogP contribution < -0.4 is 5.73 Å². The summed E-state index contributed by atoms with van der Waals surface area (Å²) in [7, 11) is 0. The molecule has 0 spiro atoms. The van der Waals surface area contributed by atoms with E-state index in [9.17, 15) is 14.4 Å². The molecule has 0 aromatic rings. The largest absolute Gasteiger partial charge is 0.481 e. The second-order valence-corrected chi connectivity index (χ2v) is 3.94. The van der Waals surface area contributed by atoms with Crippen LogP contribution >= 0.6 is 11.8 Å². The van der Waals surface area contributed by atoms with Gasteiger partial charge in [0.15, 0.2) is 0 Å². The third-order valence-electron chi connectivity index (χ3n) is 1.43. The molecule has 0 aliphatic rings. The zero-order valence-electron chi connectivity index (χ0n) is 7.62. The molecule has 8 heteroatoms. The first-order valence-electron chi connectivity index (χ1n) is 3.89. The summed E-state index contributed by atoms with van der Waals surface area (Å²) in [6.07, 6.45) is -0.563. The Morgan fingerprint density at radius 3 is 2.00 bits per heavy atom. The van der Waals surface area contributed by atoms with Crippen molar-refractivity contribution in [2.75, 3.05) is 5.75 Å². The van der Waals surface area contributed by atoms with Crippen LogP contribution in [0.15, 0.2) is 0 Å². The summed E-state index contributed by atoms with van der Waals surface area (Å²) >= 11 is 0.708. The summed E-state index contributed by atoms with van der Waals surface area (Å²) in [6, 6.07) is -1.19. The van der Waals surface area contributed by atoms with E-state index in [0.29, 0.717) is 11.8 Å². The Bertz CT molecular complexity index is 268. The van der Waals surface area contributed by atoms with Gasteiger partial charge in [0.25, 0.3) is 0 Å². The molecule has 0 aliphatic carbocycles. The highest BCUT2D eigenvalue weighted by Crippen LogP contribution is 2.15. The first kappa shape index (κ1) is 13.7. The van der Waals surface area contributed by atoms with Gasteiger partial charge < -0.3 is 21.1 Å². The van der Waals surface area contributed by atoms with Crippen LogP contribution in [-0.2, 0) is 14.4 Å². The minimum Gasteiger partial charge on any atom is -0.481 e. The summed E-state index contributed by atoms with van der Waals surface area (Å²) in [5.41, 5.74) is 5.13. The van der Waals surface area contributed by atoms with Gasteiger partial charge in [-0.1, -0.05) is 0 Å². The molecule has 7 nitrogen and oxygen atoms in total. The number of rotatable bonds is 7. The second-order valence-electron chi connectivity index (χ2n) is 2.70. The topological polar surface area (TPSA) is 138 Å². The fourth-order valence-electron chi connectivity index (χ4n) is 0.667. The Hall–Kier alpha value is -1.28. The highest BCUT2D eigenvalue weighted by molar-refractivity contribution is 8.00. The molecule has 0 aromatic heterocycles. The van der Waals surface area contributed by atoms with Gasteiger partial charge in [-0.15, -0.1) is 11.8 Å². The number of thioether (sulfide) groups is 1. The molecular formula is C7H11NO6S. The normalized spacial score (nSPS) is 14.2. The predicted molar refractivity (Wildman–Crippen MR) is 51.7 cm³/mol. The Morgan fingerprint density at radius 1 is 1.13 bits per heavy atom. The van der Waals surface area contributed by atoms with Crippen LogP contribution in [0, 0.1) is 0 Å². The Kier molecular flexibility index (Phi) is 5.72. The lowest BCUT2D eigenvalue weighted by Crippen LogP contribution is -2.34. The third kappa shape index (κ3) is 5.92. The molecule has 2 atom stereocenters. The Morgan fingerprint density at radius 2 is 1.67 bits per heavy atom. The van der Waals surface area contributed by atoms with E-state index in [2.05, 4.69) is 0 Å². The lowest BCUT2D eigenvalue weighted by atomic mass is 10.3. The molecule has 0 aliphatic heterocycles. The summed E-state index contributed by atoms with van der Waals surface area (Å²) < 4.78 is 0. The van der Waals surface area contributed by atoms with Crippen molar-refractivity contribution in [3.63, 3.8) is 0 Å². The quantitative estimate of drug-likeness (QED) is 0.445. The fraction of sp³-hybridized carbons (Fsp3) is 0.571. The van der Waals surface area contributed by atoms with Gasteiger partial charge >= 0.3 is 17.9 Å². The molecule has 0 heterocycles. The molecule has 2 unspecified atom stereocenters. The minimum absolute atomic E-state index is 0.139. The van der Waals surface area contributed by atoms with Gasteiger partial charge in [0.2, 0.25) is 0 Å². The fourth-order valence-corrected chi connectivity index (χ4v) is 1.65. The van der Waals surface area contributed by atoms with Gasteiger partial charge in [-0.05, 0) is 0 Å². The van der Waals surface area contributed by atoms with E-state index < -0.39 is 35.6 Å². The maximum atomic E-state index is 10.5. The average molecular weight is 237 g/mol. The third-order valence-corrected chi connectivity index (χ3v) is 2.75. The second kappa shape index (κ2) is 6.25. The average Bonchev–Trinajstić information content (AvgIpc) is 2.10. The van der Waals surface area contributed by atoms with Gasteiger partial charge in [0, 0.05) is 5.75 Å². The smallest absolute Gasteiger partial charge is 0.321 e. The van der Waals surface area contributed by atoms with E-state index in [1.165, 1.54) is 0 Å². The van der Waals surface area contributed by atoms with Crippen molar-refractivity contribution in [2.24, 2.45) is 5.73 Å². The molecule has 0 saturated carbocycles. The molecule has 86 valence electrons. The molecule has 5 N–H and O–H groups in total. The van der Waals surface area contributed by atoms with Gasteiger partial charge in [-0.25, -0.2) is 0 Å². The predicted octanol–water partition coefficient (Wildman–Crippen LogP) is -0.941. The van der Waals surface area contributed by atoms with Gasteiger partial charge in [-0.2, -0.15) is 0 Å². The van der Waals surface area contributed by atoms with Gasteiger partial charge in [0.05, 0.1) is 6.42 Å². The van der Waals surface area contributed by atoms with E-state index >= 15 is 0 Å².